The van der Waals surface area contributed by atoms with Crippen molar-refractivity contribution in [1.29, 1.82) is 0 Å². The Labute approximate surface area is 246 Å². The Hall–Kier alpha value is -1.65. The maximum atomic E-state index is 11.9. The van der Waals surface area contributed by atoms with Gasteiger partial charge in [0.15, 0.2) is 0 Å². The van der Waals surface area contributed by atoms with Crippen molar-refractivity contribution in [3.05, 3.63) is 59.2 Å². The van der Waals surface area contributed by atoms with E-state index in [1.807, 2.05) is 12.1 Å². The van der Waals surface area contributed by atoms with Gasteiger partial charge >= 0.3 is 0 Å². The van der Waals surface area contributed by atoms with Gasteiger partial charge in [0.2, 0.25) is 0 Å². The summed E-state index contributed by atoms with van der Waals surface area (Å²) >= 11 is 2.11. The average molecular weight is 563 g/mol. The van der Waals surface area contributed by atoms with Crippen molar-refractivity contribution in [1.82, 2.24) is 0 Å². The zero-order valence-electron chi connectivity index (χ0n) is 24.8. The molecule has 0 aliphatic heterocycles. The first-order valence-electron chi connectivity index (χ1n) is 16.3. The third-order valence-corrected chi connectivity index (χ3v) is 13.1. The summed E-state index contributed by atoms with van der Waals surface area (Å²) in [5.41, 5.74) is 3.87. The lowest BCUT2D eigenvalue weighted by Gasteiger charge is -2.59. The fourth-order valence-electron chi connectivity index (χ4n) is 9.74. The topological polar surface area (TPSA) is 49.7 Å². The number of ether oxygens (including phenoxy) is 1. The number of benzene rings is 2. The number of aryl methyl sites for hydroxylation is 1. The van der Waals surface area contributed by atoms with Crippen LogP contribution in [0.4, 0.5) is 0 Å². The van der Waals surface area contributed by atoms with Crippen molar-refractivity contribution in [2.45, 2.75) is 115 Å². The van der Waals surface area contributed by atoms with Crippen molar-refractivity contribution < 1.29 is 14.9 Å². The van der Waals surface area contributed by atoms with Crippen LogP contribution in [0.15, 0.2) is 42.5 Å². The molecule has 3 saturated carbocycles. The van der Waals surface area contributed by atoms with Gasteiger partial charge in [-0.05, 0) is 146 Å². The summed E-state index contributed by atoms with van der Waals surface area (Å²) in [4.78, 5) is 0. The monoisotopic (exact) mass is 562 g/mol. The SMILES string of the molecule is CCCCCSCCCCCOc1ccc([C@H]2C[C@]3(C)C4(O)CCC3(CC4)[C@@H]3CCc4cc(O)ccc4[C@@H]23)cc1. The van der Waals surface area contributed by atoms with E-state index in [1.54, 1.807) is 0 Å². The zero-order chi connectivity index (χ0) is 27.8. The molecular weight excluding hydrogens is 512 g/mol. The number of rotatable bonds is 12. The Bertz CT molecular complexity index is 1150. The smallest absolute Gasteiger partial charge is 0.119 e. The highest BCUT2D eigenvalue weighted by Gasteiger charge is 2.74. The van der Waals surface area contributed by atoms with Gasteiger partial charge < -0.3 is 14.9 Å². The van der Waals surface area contributed by atoms with Gasteiger partial charge in [0.25, 0.3) is 0 Å². The van der Waals surface area contributed by atoms with Gasteiger partial charge in [0.1, 0.15) is 11.5 Å². The second-order valence-electron chi connectivity index (χ2n) is 13.7. The van der Waals surface area contributed by atoms with Crippen LogP contribution in [-0.2, 0) is 6.42 Å². The number of phenolic OH excluding ortho intramolecular Hbond substituents is 1. The number of hydrogen-bond donors (Lipinski definition) is 2. The van der Waals surface area contributed by atoms with E-state index in [-0.39, 0.29) is 10.8 Å². The van der Waals surface area contributed by atoms with Crippen molar-refractivity contribution >= 4 is 11.8 Å². The molecule has 0 amide bonds. The van der Waals surface area contributed by atoms with E-state index in [1.165, 1.54) is 79.6 Å². The molecule has 0 heterocycles. The van der Waals surface area contributed by atoms with Gasteiger partial charge in [-0.2, -0.15) is 11.8 Å². The van der Waals surface area contributed by atoms with Crippen molar-refractivity contribution in [3.63, 3.8) is 0 Å². The lowest BCUT2D eigenvalue weighted by molar-refractivity contribution is -0.108. The number of unbranched alkanes of at least 4 members (excludes halogenated alkanes) is 4. The van der Waals surface area contributed by atoms with E-state index in [9.17, 15) is 10.2 Å². The lowest BCUT2D eigenvalue weighted by atomic mass is 9.45. The third-order valence-electron chi connectivity index (χ3n) is 11.9. The molecule has 2 N–H and O–H groups in total. The van der Waals surface area contributed by atoms with Crippen LogP contribution in [0.2, 0.25) is 0 Å². The van der Waals surface area contributed by atoms with Crippen molar-refractivity contribution in [2.24, 2.45) is 16.7 Å². The van der Waals surface area contributed by atoms with Crippen LogP contribution >= 0.6 is 11.8 Å². The van der Waals surface area contributed by atoms with Crippen LogP contribution in [0.5, 0.6) is 11.5 Å². The van der Waals surface area contributed by atoms with E-state index >= 15 is 0 Å². The molecule has 218 valence electrons. The van der Waals surface area contributed by atoms with Crippen molar-refractivity contribution in [2.75, 3.05) is 18.1 Å². The Morgan fingerprint density at radius 2 is 1.68 bits per heavy atom. The molecule has 0 saturated heterocycles. The molecule has 0 radical (unpaired) electrons. The first-order valence-corrected chi connectivity index (χ1v) is 17.4. The molecule has 4 atom stereocenters. The maximum Gasteiger partial charge on any atom is 0.119 e. The summed E-state index contributed by atoms with van der Waals surface area (Å²) < 4.78 is 6.16. The van der Waals surface area contributed by atoms with Crippen molar-refractivity contribution in [3.8, 4) is 11.5 Å². The summed E-state index contributed by atoms with van der Waals surface area (Å²) in [7, 11) is 0. The van der Waals surface area contributed by atoms with Gasteiger partial charge in [-0.25, -0.2) is 0 Å². The lowest BCUT2D eigenvalue weighted by Crippen LogP contribution is -2.54. The molecule has 4 heteroatoms. The maximum absolute atomic E-state index is 11.9. The van der Waals surface area contributed by atoms with Crippen LogP contribution in [0.3, 0.4) is 0 Å². The number of aliphatic hydroxyl groups is 1. The molecule has 3 nitrogen and oxygen atoms in total. The predicted molar refractivity (Wildman–Crippen MR) is 167 cm³/mol. The normalized spacial score (nSPS) is 33.8. The summed E-state index contributed by atoms with van der Waals surface area (Å²) in [5.74, 6) is 5.36. The van der Waals surface area contributed by atoms with Gasteiger partial charge in [-0.1, -0.05) is 44.9 Å². The molecule has 4 aliphatic rings. The summed E-state index contributed by atoms with van der Waals surface area (Å²) in [6, 6.07) is 15.1. The number of aromatic hydroxyl groups is 1. The minimum Gasteiger partial charge on any atom is -0.508 e. The van der Waals surface area contributed by atoms with E-state index in [4.69, 9.17) is 4.74 Å². The van der Waals surface area contributed by atoms with E-state index in [0.717, 1.165) is 44.5 Å². The number of thioether (sulfide) groups is 1. The predicted octanol–water partition coefficient (Wildman–Crippen LogP) is 9.01. The third kappa shape index (κ3) is 4.79. The fraction of sp³-hybridized carbons (Fsp3) is 0.667. The van der Waals surface area contributed by atoms with E-state index < -0.39 is 5.60 Å². The molecule has 0 aromatic heterocycles. The second kappa shape index (κ2) is 11.6. The minimum atomic E-state index is -0.511. The highest BCUT2D eigenvalue weighted by molar-refractivity contribution is 7.99. The second-order valence-corrected chi connectivity index (χ2v) is 14.9. The molecule has 0 unspecified atom stereocenters. The molecular formula is C36H50O3S. The van der Waals surface area contributed by atoms with Crippen LogP contribution in [-0.4, -0.2) is 33.9 Å². The number of fused-ring (bicyclic) bond motifs is 3. The van der Waals surface area contributed by atoms with E-state index in [2.05, 4.69) is 55.9 Å². The molecule has 6 rings (SSSR count). The van der Waals surface area contributed by atoms with Crippen LogP contribution in [0, 0.1) is 16.7 Å². The molecule has 3 fully saturated rings. The number of hydrogen-bond acceptors (Lipinski definition) is 4. The minimum absolute atomic E-state index is 0.0241. The molecule has 4 aliphatic carbocycles. The molecule has 40 heavy (non-hydrogen) atoms. The van der Waals surface area contributed by atoms with Gasteiger partial charge in [0, 0.05) is 5.41 Å². The molecule has 2 aromatic rings. The first kappa shape index (κ1) is 28.5. The van der Waals surface area contributed by atoms with E-state index in [0.29, 0.717) is 23.5 Å². The summed E-state index contributed by atoms with van der Waals surface area (Å²) in [6.07, 6.45) is 15.2. The Morgan fingerprint density at radius 1 is 0.925 bits per heavy atom. The molecule has 0 spiro atoms. The number of phenols is 1. The fourth-order valence-corrected chi connectivity index (χ4v) is 10.8. The summed E-state index contributed by atoms with van der Waals surface area (Å²) in [6.45, 7) is 5.49. The molecule has 2 aromatic carbocycles. The zero-order valence-corrected chi connectivity index (χ0v) is 25.6. The quantitative estimate of drug-likeness (QED) is 0.253. The Morgan fingerprint density at radius 3 is 2.42 bits per heavy atom. The van der Waals surface area contributed by atoms with Gasteiger partial charge in [-0.15, -0.1) is 0 Å². The van der Waals surface area contributed by atoms with Crippen LogP contribution in [0.1, 0.15) is 119 Å². The highest BCUT2D eigenvalue weighted by atomic mass is 32.2. The average Bonchev–Trinajstić information content (AvgIpc) is 3.33. The molecule has 2 bridgehead atoms. The van der Waals surface area contributed by atoms with Crippen LogP contribution < -0.4 is 4.74 Å². The Balaban J connectivity index is 1.14. The van der Waals surface area contributed by atoms with Gasteiger partial charge in [0.05, 0.1) is 12.2 Å². The largest absolute Gasteiger partial charge is 0.508 e. The highest BCUT2D eigenvalue weighted by Crippen LogP contribution is 2.79. The van der Waals surface area contributed by atoms with Gasteiger partial charge in [-0.3, -0.25) is 0 Å². The van der Waals surface area contributed by atoms with Crippen LogP contribution in [0.25, 0.3) is 0 Å². The summed E-state index contributed by atoms with van der Waals surface area (Å²) in [5, 5.41) is 22.1. The standard InChI is InChI=1S/C36H50O3S/c1-3-4-7-22-40-23-8-5-6-21-39-29-13-9-26(10-14-29)31-25-34(2)35(17-19-36(34,38)20-18-35)32-16-11-27-24-28(37)12-15-30(27)33(31)32/h9-10,12-15,24,31-33,37-38H,3-8,11,16-23,25H2,1-2H3/t31-,32-,33+,34+,35?,36?/m1/s1. The Kier molecular flexibility index (Phi) is 8.22. The first-order chi connectivity index (χ1) is 19.4.